The first-order valence-corrected chi connectivity index (χ1v) is 12.2. The third-order valence-electron chi connectivity index (χ3n) is 5.66. The normalized spacial score (nSPS) is 18.1. The van der Waals surface area contributed by atoms with Crippen molar-refractivity contribution in [3.8, 4) is 0 Å². The van der Waals surface area contributed by atoms with E-state index in [0.717, 1.165) is 30.5 Å². The van der Waals surface area contributed by atoms with Crippen LogP contribution in [-0.4, -0.2) is 26.9 Å². The summed E-state index contributed by atoms with van der Waals surface area (Å²) in [4.78, 5) is 13.2. The Morgan fingerprint density at radius 2 is 1.34 bits per heavy atom. The molecule has 0 saturated carbocycles. The average Bonchev–Trinajstić information content (AvgIpc) is 3.38. The molecule has 3 aromatic rings. The fourth-order valence-electron chi connectivity index (χ4n) is 4.01. The molecule has 6 nitrogen and oxygen atoms in total. The quantitative estimate of drug-likeness (QED) is 0.492. The van der Waals surface area contributed by atoms with Crippen LogP contribution in [0.1, 0.15) is 36.1 Å². The van der Waals surface area contributed by atoms with Gasteiger partial charge in [0.1, 0.15) is 0 Å². The van der Waals surface area contributed by atoms with E-state index in [4.69, 9.17) is 0 Å². The minimum Gasteiger partial charge on any atom is -0.346 e. The second-order valence-corrected chi connectivity index (χ2v) is 9.58. The maximum Gasteiger partial charge on any atom is 0.241 e. The Morgan fingerprint density at radius 1 is 0.812 bits per heavy atom. The van der Waals surface area contributed by atoms with E-state index in [-0.39, 0.29) is 16.8 Å². The van der Waals surface area contributed by atoms with Crippen molar-refractivity contribution in [2.24, 2.45) is 0 Å². The SMILES string of the molecule is O=C(N[C@H](c1ccccc1)[C@@H](NS(=O)(=O)c1ccccc1)c1ccccc1)[C@@H]1CCCN1. The number of carbonyl (C=O) groups is 1. The molecule has 0 bridgehead atoms. The highest BCUT2D eigenvalue weighted by molar-refractivity contribution is 7.89. The number of rotatable bonds is 8. The van der Waals surface area contributed by atoms with Crippen LogP contribution in [0, 0.1) is 0 Å². The molecule has 7 heteroatoms. The average molecular weight is 450 g/mol. The van der Waals surface area contributed by atoms with Gasteiger partial charge in [-0.15, -0.1) is 0 Å². The van der Waals surface area contributed by atoms with E-state index in [1.165, 1.54) is 0 Å². The smallest absolute Gasteiger partial charge is 0.241 e. The third-order valence-corrected chi connectivity index (χ3v) is 7.12. The molecule has 1 saturated heterocycles. The molecule has 1 fully saturated rings. The van der Waals surface area contributed by atoms with Gasteiger partial charge in [-0.2, -0.15) is 0 Å². The minimum atomic E-state index is -3.83. The van der Waals surface area contributed by atoms with Gasteiger partial charge < -0.3 is 10.6 Å². The van der Waals surface area contributed by atoms with E-state index < -0.39 is 22.1 Å². The Balaban J connectivity index is 1.73. The summed E-state index contributed by atoms with van der Waals surface area (Å²) in [5, 5.41) is 6.33. The molecule has 32 heavy (non-hydrogen) atoms. The van der Waals surface area contributed by atoms with Gasteiger partial charge in [-0.25, -0.2) is 13.1 Å². The largest absolute Gasteiger partial charge is 0.346 e. The Kier molecular flexibility index (Phi) is 6.99. The zero-order chi connectivity index (χ0) is 22.4. The molecule has 0 radical (unpaired) electrons. The molecule has 0 unspecified atom stereocenters. The predicted octanol–water partition coefficient (Wildman–Crippen LogP) is 3.32. The van der Waals surface area contributed by atoms with E-state index in [1.54, 1.807) is 30.3 Å². The van der Waals surface area contributed by atoms with E-state index in [2.05, 4.69) is 15.4 Å². The van der Waals surface area contributed by atoms with Gasteiger partial charge in [-0.05, 0) is 42.6 Å². The van der Waals surface area contributed by atoms with Crippen molar-refractivity contribution < 1.29 is 13.2 Å². The van der Waals surface area contributed by atoms with Crippen LogP contribution in [0.4, 0.5) is 0 Å². The third kappa shape index (κ3) is 5.24. The van der Waals surface area contributed by atoms with Gasteiger partial charge >= 0.3 is 0 Å². The standard InChI is InChI=1S/C25H27N3O3S/c29-25(22-17-10-18-26-22)27-23(19-11-4-1-5-12-19)24(20-13-6-2-7-14-20)28-32(30,31)21-15-8-3-9-16-21/h1-9,11-16,22-24,26,28H,10,17-18H2,(H,27,29)/t22-,23+,24-/m0/s1. The lowest BCUT2D eigenvalue weighted by molar-refractivity contribution is -0.123. The molecule has 0 spiro atoms. The van der Waals surface area contributed by atoms with Gasteiger partial charge in [-0.1, -0.05) is 78.9 Å². The summed E-state index contributed by atoms with van der Waals surface area (Å²) in [5.74, 6) is -0.129. The Hall–Kier alpha value is -3.00. The number of nitrogens with one attached hydrogen (secondary N) is 3. The van der Waals surface area contributed by atoms with Gasteiger partial charge in [0.05, 0.1) is 23.0 Å². The van der Waals surface area contributed by atoms with Crippen molar-refractivity contribution >= 4 is 15.9 Å². The molecule has 1 amide bonds. The lowest BCUT2D eigenvalue weighted by Gasteiger charge is -2.30. The van der Waals surface area contributed by atoms with Gasteiger partial charge in [0.2, 0.25) is 15.9 Å². The zero-order valence-electron chi connectivity index (χ0n) is 17.6. The van der Waals surface area contributed by atoms with Crippen molar-refractivity contribution in [2.75, 3.05) is 6.54 Å². The molecule has 3 aromatic carbocycles. The predicted molar refractivity (Wildman–Crippen MR) is 124 cm³/mol. The van der Waals surface area contributed by atoms with Crippen LogP contribution in [0.2, 0.25) is 0 Å². The molecule has 3 N–H and O–H groups in total. The number of carbonyl (C=O) groups excluding carboxylic acids is 1. The number of sulfonamides is 1. The fourth-order valence-corrected chi connectivity index (χ4v) is 5.26. The lowest BCUT2D eigenvalue weighted by Crippen LogP contribution is -2.46. The number of benzene rings is 3. The Labute approximate surface area is 189 Å². The highest BCUT2D eigenvalue weighted by Crippen LogP contribution is 2.31. The highest BCUT2D eigenvalue weighted by atomic mass is 32.2. The van der Waals surface area contributed by atoms with Crippen LogP contribution in [0.25, 0.3) is 0 Å². The lowest BCUT2D eigenvalue weighted by atomic mass is 9.93. The van der Waals surface area contributed by atoms with Crippen LogP contribution in [-0.2, 0) is 14.8 Å². The first kappa shape index (κ1) is 22.2. The van der Waals surface area contributed by atoms with Crippen molar-refractivity contribution in [3.63, 3.8) is 0 Å². The van der Waals surface area contributed by atoms with E-state index >= 15 is 0 Å². The van der Waals surface area contributed by atoms with Gasteiger partial charge in [0, 0.05) is 0 Å². The minimum absolute atomic E-state index is 0.129. The van der Waals surface area contributed by atoms with Crippen LogP contribution in [0.5, 0.6) is 0 Å². The Bertz CT molecular complexity index is 1120. The molecule has 0 aliphatic carbocycles. The Morgan fingerprint density at radius 3 is 1.88 bits per heavy atom. The summed E-state index contributed by atoms with van der Waals surface area (Å²) in [5.41, 5.74) is 1.59. The van der Waals surface area contributed by atoms with Crippen LogP contribution >= 0.6 is 0 Å². The zero-order valence-corrected chi connectivity index (χ0v) is 18.5. The first-order valence-electron chi connectivity index (χ1n) is 10.8. The monoisotopic (exact) mass is 449 g/mol. The van der Waals surface area contributed by atoms with E-state index in [0.29, 0.717) is 0 Å². The summed E-state index contributed by atoms with van der Waals surface area (Å²) in [6, 6.07) is 25.5. The van der Waals surface area contributed by atoms with Crippen LogP contribution in [0.3, 0.4) is 0 Å². The summed E-state index contributed by atoms with van der Waals surface area (Å²) >= 11 is 0. The first-order chi connectivity index (χ1) is 15.5. The number of hydrogen-bond acceptors (Lipinski definition) is 4. The summed E-state index contributed by atoms with van der Waals surface area (Å²) in [7, 11) is -3.83. The molecule has 166 valence electrons. The summed E-state index contributed by atoms with van der Waals surface area (Å²) < 4.78 is 29.4. The van der Waals surface area contributed by atoms with Gasteiger partial charge in [-0.3, -0.25) is 4.79 Å². The summed E-state index contributed by atoms with van der Waals surface area (Å²) in [6.07, 6.45) is 1.70. The maximum absolute atomic E-state index is 13.3. The highest BCUT2D eigenvalue weighted by Gasteiger charge is 2.33. The molecule has 0 aromatic heterocycles. The molecule has 1 heterocycles. The second kappa shape index (κ2) is 10.1. The fraction of sp³-hybridized carbons (Fsp3) is 0.240. The van der Waals surface area contributed by atoms with Crippen LogP contribution < -0.4 is 15.4 Å². The van der Waals surface area contributed by atoms with Gasteiger partial charge in [0.25, 0.3) is 0 Å². The van der Waals surface area contributed by atoms with E-state index in [9.17, 15) is 13.2 Å². The second-order valence-electron chi connectivity index (χ2n) is 7.87. The number of hydrogen-bond donors (Lipinski definition) is 3. The van der Waals surface area contributed by atoms with Crippen molar-refractivity contribution in [1.29, 1.82) is 0 Å². The topological polar surface area (TPSA) is 87.3 Å². The van der Waals surface area contributed by atoms with Crippen molar-refractivity contribution in [2.45, 2.75) is 35.9 Å². The van der Waals surface area contributed by atoms with Crippen LogP contribution in [0.15, 0.2) is 95.9 Å². The van der Waals surface area contributed by atoms with Gasteiger partial charge in [0.15, 0.2) is 0 Å². The molecular formula is C25H27N3O3S. The molecule has 4 rings (SSSR count). The number of amides is 1. The summed E-state index contributed by atoms with van der Waals surface area (Å²) in [6.45, 7) is 0.802. The maximum atomic E-state index is 13.3. The van der Waals surface area contributed by atoms with E-state index in [1.807, 2.05) is 60.7 Å². The van der Waals surface area contributed by atoms with Crippen molar-refractivity contribution in [3.05, 3.63) is 102 Å². The molecule has 3 atom stereocenters. The molecular weight excluding hydrogens is 422 g/mol. The van der Waals surface area contributed by atoms with Crippen molar-refractivity contribution in [1.82, 2.24) is 15.4 Å². The molecule has 1 aliphatic rings. The molecule has 1 aliphatic heterocycles.